The molecule has 3 fully saturated rings. The van der Waals surface area contributed by atoms with Crippen LogP contribution in [0, 0.1) is 12.7 Å². The van der Waals surface area contributed by atoms with E-state index < -0.39 is 17.0 Å². The molecule has 3 aromatic heterocycles. The SMILES string of the molecule is Cc1cc(=O)n2c3c(c(F)cnc13)[C@@](O)(CC13CCC(NCc4ccc5c(n4)NC(=O)CO5)(CC1)CO3)C2. The third-order valence-electron chi connectivity index (χ3n) is 8.71. The molecule has 1 atom stereocenters. The van der Waals surface area contributed by atoms with Crippen molar-refractivity contribution in [2.45, 2.75) is 68.9 Å². The van der Waals surface area contributed by atoms with Crippen molar-refractivity contribution < 1.29 is 23.8 Å². The summed E-state index contributed by atoms with van der Waals surface area (Å²) in [6, 6.07) is 5.16. The molecule has 5 aliphatic rings. The number of hydrogen-bond acceptors (Lipinski definition) is 8. The Morgan fingerprint density at radius 1 is 1.24 bits per heavy atom. The highest BCUT2D eigenvalue weighted by molar-refractivity contribution is 5.94. The Hall–Kier alpha value is -3.41. The third-order valence-corrected chi connectivity index (χ3v) is 8.71. The molecule has 38 heavy (non-hydrogen) atoms. The summed E-state index contributed by atoms with van der Waals surface area (Å²) in [4.78, 5) is 33.1. The first kappa shape index (κ1) is 23.7. The van der Waals surface area contributed by atoms with Gasteiger partial charge in [0.1, 0.15) is 11.4 Å². The van der Waals surface area contributed by atoms with Gasteiger partial charge in [0.15, 0.2) is 18.2 Å². The maximum absolute atomic E-state index is 15.1. The molecule has 3 N–H and O–H groups in total. The van der Waals surface area contributed by atoms with Crippen molar-refractivity contribution in [3.05, 3.63) is 57.4 Å². The molecule has 1 amide bonds. The quantitative estimate of drug-likeness (QED) is 0.466. The zero-order valence-corrected chi connectivity index (χ0v) is 21.0. The molecule has 2 bridgehead atoms. The van der Waals surface area contributed by atoms with Crippen molar-refractivity contribution >= 4 is 22.8 Å². The molecule has 7 heterocycles. The summed E-state index contributed by atoms with van der Waals surface area (Å²) in [5.41, 5.74) is -0.153. The molecule has 0 spiro atoms. The van der Waals surface area contributed by atoms with Gasteiger partial charge in [0.2, 0.25) is 0 Å². The number of aromatic nitrogens is 3. The molecule has 1 aliphatic carbocycles. The van der Waals surface area contributed by atoms with Crippen molar-refractivity contribution in [2.24, 2.45) is 0 Å². The fourth-order valence-corrected chi connectivity index (χ4v) is 6.69. The monoisotopic (exact) mass is 521 g/mol. The summed E-state index contributed by atoms with van der Waals surface area (Å²) in [7, 11) is 0. The lowest BCUT2D eigenvalue weighted by Gasteiger charge is -2.55. The van der Waals surface area contributed by atoms with Gasteiger partial charge in [-0.1, -0.05) is 0 Å². The number of fused-ring (bicyclic) bond motifs is 4. The predicted molar refractivity (Wildman–Crippen MR) is 134 cm³/mol. The largest absolute Gasteiger partial charge is 0.480 e. The van der Waals surface area contributed by atoms with Crippen molar-refractivity contribution in [1.29, 1.82) is 0 Å². The average Bonchev–Trinajstić information content (AvgIpc) is 3.21. The number of anilines is 1. The second-order valence-corrected chi connectivity index (χ2v) is 11.2. The highest BCUT2D eigenvalue weighted by atomic mass is 19.1. The summed E-state index contributed by atoms with van der Waals surface area (Å²) in [5.74, 6) is 0.160. The van der Waals surface area contributed by atoms with Crippen LogP contribution in [-0.2, 0) is 28.2 Å². The molecule has 1 saturated carbocycles. The number of rotatable bonds is 5. The number of nitrogens with zero attached hydrogens (tertiary/aromatic N) is 3. The number of pyridine rings is 3. The van der Waals surface area contributed by atoms with E-state index in [0.717, 1.165) is 24.7 Å². The van der Waals surface area contributed by atoms with E-state index in [2.05, 4.69) is 20.6 Å². The average molecular weight is 522 g/mol. The fourth-order valence-electron chi connectivity index (χ4n) is 6.69. The second kappa shape index (κ2) is 8.05. The van der Waals surface area contributed by atoms with E-state index in [1.54, 1.807) is 6.92 Å². The van der Waals surface area contributed by atoms with Crippen molar-refractivity contribution in [1.82, 2.24) is 19.9 Å². The zero-order chi connectivity index (χ0) is 26.3. The van der Waals surface area contributed by atoms with Gasteiger partial charge in [-0.05, 0) is 50.3 Å². The molecular formula is C27H28FN5O5. The van der Waals surface area contributed by atoms with Crippen LogP contribution in [0.4, 0.5) is 10.2 Å². The van der Waals surface area contributed by atoms with Crippen LogP contribution in [0.15, 0.2) is 29.2 Å². The lowest BCUT2D eigenvalue weighted by Crippen LogP contribution is -2.62. The van der Waals surface area contributed by atoms with Gasteiger partial charge in [-0.2, -0.15) is 0 Å². The van der Waals surface area contributed by atoms with E-state index in [0.29, 0.717) is 54.2 Å². The minimum atomic E-state index is -1.56. The van der Waals surface area contributed by atoms with Crippen LogP contribution >= 0.6 is 0 Å². The maximum atomic E-state index is 15.1. The predicted octanol–water partition coefficient (Wildman–Crippen LogP) is 2.03. The number of halogens is 1. The van der Waals surface area contributed by atoms with Crippen LogP contribution in [0.25, 0.3) is 11.0 Å². The Morgan fingerprint density at radius 2 is 2.05 bits per heavy atom. The Balaban J connectivity index is 1.08. The van der Waals surface area contributed by atoms with Gasteiger partial charge in [-0.3, -0.25) is 14.6 Å². The van der Waals surface area contributed by atoms with Crippen LogP contribution < -0.4 is 20.9 Å². The molecule has 4 aliphatic heterocycles. The van der Waals surface area contributed by atoms with Crippen LogP contribution in [-0.4, -0.2) is 49.9 Å². The first-order valence-corrected chi connectivity index (χ1v) is 12.9. The second-order valence-electron chi connectivity index (χ2n) is 11.2. The Morgan fingerprint density at radius 3 is 2.82 bits per heavy atom. The van der Waals surface area contributed by atoms with Crippen molar-refractivity contribution in [3.8, 4) is 5.75 Å². The molecule has 0 aromatic carbocycles. The minimum absolute atomic E-state index is 0.00918. The van der Waals surface area contributed by atoms with Gasteiger partial charge < -0.3 is 29.8 Å². The summed E-state index contributed by atoms with van der Waals surface area (Å²) < 4.78 is 28.4. The van der Waals surface area contributed by atoms with E-state index in [-0.39, 0.29) is 42.1 Å². The Bertz CT molecular complexity index is 1550. The van der Waals surface area contributed by atoms with Crippen LogP contribution in [0.5, 0.6) is 5.75 Å². The number of aryl methyl sites for hydroxylation is 1. The van der Waals surface area contributed by atoms with E-state index in [1.165, 1.54) is 10.6 Å². The molecule has 8 rings (SSSR count). The maximum Gasteiger partial charge on any atom is 0.263 e. The van der Waals surface area contributed by atoms with Gasteiger partial charge in [-0.15, -0.1) is 0 Å². The highest BCUT2D eigenvalue weighted by Crippen LogP contribution is 2.51. The van der Waals surface area contributed by atoms with Crippen LogP contribution in [0.1, 0.15) is 48.9 Å². The number of amides is 1. The van der Waals surface area contributed by atoms with Crippen LogP contribution in [0.3, 0.4) is 0 Å². The zero-order valence-electron chi connectivity index (χ0n) is 21.0. The molecule has 198 valence electrons. The van der Waals surface area contributed by atoms with Gasteiger partial charge in [0, 0.05) is 30.1 Å². The number of carbonyl (C=O) groups excluding carboxylic acids is 1. The van der Waals surface area contributed by atoms with Crippen LogP contribution in [0.2, 0.25) is 0 Å². The summed E-state index contributed by atoms with van der Waals surface area (Å²) in [6.07, 6.45) is 4.39. The molecule has 2 saturated heterocycles. The highest BCUT2D eigenvalue weighted by Gasteiger charge is 2.55. The van der Waals surface area contributed by atoms with E-state index in [1.807, 2.05) is 12.1 Å². The first-order chi connectivity index (χ1) is 18.2. The van der Waals surface area contributed by atoms with Gasteiger partial charge in [0.05, 0.1) is 41.7 Å². The van der Waals surface area contributed by atoms with Gasteiger partial charge >= 0.3 is 0 Å². The van der Waals surface area contributed by atoms with Gasteiger partial charge in [-0.25, -0.2) is 9.37 Å². The fraction of sp³-hybridized carbons (Fsp3) is 0.481. The lowest BCUT2D eigenvalue weighted by atomic mass is 9.67. The van der Waals surface area contributed by atoms with Gasteiger partial charge in [0.25, 0.3) is 11.5 Å². The number of hydrogen-bond donors (Lipinski definition) is 3. The summed E-state index contributed by atoms with van der Waals surface area (Å²) in [5, 5.41) is 18.2. The molecule has 0 radical (unpaired) electrons. The summed E-state index contributed by atoms with van der Waals surface area (Å²) in [6.45, 7) is 2.70. The lowest BCUT2D eigenvalue weighted by molar-refractivity contribution is -0.192. The Labute approximate surface area is 217 Å². The number of aliphatic hydroxyl groups is 1. The van der Waals surface area contributed by atoms with E-state index >= 15 is 4.39 Å². The number of ether oxygens (including phenoxy) is 2. The number of carbonyl (C=O) groups is 1. The minimum Gasteiger partial charge on any atom is -0.480 e. The van der Waals surface area contributed by atoms with Crippen molar-refractivity contribution in [3.63, 3.8) is 0 Å². The first-order valence-electron chi connectivity index (χ1n) is 12.9. The Kier molecular flexibility index (Phi) is 5.02. The molecule has 10 nitrogen and oxygen atoms in total. The topological polar surface area (TPSA) is 128 Å². The molecule has 11 heteroatoms. The number of nitrogens with one attached hydrogen (secondary N) is 2. The van der Waals surface area contributed by atoms with E-state index in [4.69, 9.17) is 9.47 Å². The summed E-state index contributed by atoms with van der Waals surface area (Å²) >= 11 is 0. The van der Waals surface area contributed by atoms with E-state index in [9.17, 15) is 14.7 Å². The normalized spacial score (nSPS) is 29.3. The standard InChI is InChI=1S/C27H28FN5O5/c1-15-8-20(35)33-13-27(36,21-17(28)10-29-22(15)23(21)33)12-26-6-4-25(5-7-26,14-38-26)30-9-16-2-3-18-24(31-16)32-19(34)11-37-18/h2-3,8,10,30,36H,4-7,9,11-14H2,1H3,(H,31,32,34)/t25?,26?,27-/m1/s1. The third kappa shape index (κ3) is 3.56. The smallest absolute Gasteiger partial charge is 0.263 e. The molecule has 0 unspecified atom stereocenters. The molecular weight excluding hydrogens is 493 g/mol. The van der Waals surface area contributed by atoms with Crippen molar-refractivity contribution in [2.75, 3.05) is 18.5 Å². The molecule has 3 aromatic rings.